The lowest BCUT2D eigenvalue weighted by Gasteiger charge is -2.00. The Morgan fingerprint density at radius 2 is 2.25 bits per heavy atom. The number of thioether (sulfide) groups is 1. The summed E-state index contributed by atoms with van der Waals surface area (Å²) in [6.45, 7) is 0. The van der Waals surface area contributed by atoms with Crippen LogP contribution in [0.2, 0.25) is 0 Å². The summed E-state index contributed by atoms with van der Waals surface area (Å²) in [6.07, 6.45) is 3.72. The summed E-state index contributed by atoms with van der Waals surface area (Å²) in [5.74, 6) is -0.217. The van der Waals surface area contributed by atoms with Gasteiger partial charge in [0.05, 0.1) is 6.20 Å². The molecule has 1 N–H and O–H groups in total. The number of hydrogen-bond acceptors (Lipinski definition) is 4. The van der Waals surface area contributed by atoms with E-state index in [1.165, 1.54) is 11.3 Å². The van der Waals surface area contributed by atoms with E-state index >= 15 is 0 Å². The van der Waals surface area contributed by atoms with Crippen LogP contribution in [-0.4, -0.2) is 20.9 Å². The highest BCUT2D eigenvalue weighted by Crippen LogP contribution is 2.35. The van der Waals surface area contributed by atoms with Crippen molar-refractivity contribution >= 4 is 39.2 Å². The van der Waals surface area contributed by atoms with Gasteiger partial charge in [-0.25, -0.2) is 4.79 Å². The van der Waals surface area contributed by atoms with E-state index in [1.54, 1.807) is 22.6 Å². The Bertz CT molecular complexity index is 776. The number of aryl methyl sites for hydroxylation is 1. The molecule has 0 bridgehead atoms. The molecule has 0 saturated heterocycles. The highest BCUT2D eigenvalue weighted by molar-refractivity contribution is 7.98. The van der Waals surface area contributed by atoms with E-state index in [1.807, 2.05) is 37.5 Å². The molecule has 20 heavy (non-hydrogen) atoms. The molecule has 4 nitrogen and oxygen atoms in total. The summed E-state index contributed by atoms with van der Waals surface area (Å²) in [7, 11) is 1.87. The van der Waals surface area contributed by atoms with Crippen LogP contribution in [0.1, 0.15) is 15.2 Å². The molecule has 0 aliphatic rings. The second-order valence-corrected chi connectivity index (χ2v) is 6.45. The predicted molar refractivity (Wildman–Crippen MR) is 81.6 cm³/mol. The van der Waals surface area contributed by atoms with Gasteiger partial charge >= 0.3 is 5.97 Å². The van der Waals surface area contributed by atoms with Crippen LogP contribution in [-0.2, 0) is 12.8 Å². The maximum Gasteiger partial charge on any atom is 0.346 e. The molecular formula is C14H12N2O2S2. The number of nitrogens with zero attached hydrogens (tertiary/aromatic N) is 2. The minimum absolute atomic E-state index is 0.433. The van der Waals surface area contributed by atoms with Crippen LogP contribution in [0.3, 0.4) is 0 Å². The van der Waals surface area contributed by atoms with Gasteiger partial charge in [0.1, 0.15) is 4.88 Å². The van der Waals surface area contributed by atoms with Crippen molar-refractivity contribution in [3.63, 3.8) is 0 Å². The van der Waals surface area contributed by atoms with E-state index in [-0.39, 0.29) is 0 Å². The summed E-state index contributed by atoms with van der Waals surface area (Å²) in [5, 5.41) is 14.5. The van der Waals surface area contributed by atoms with Gasteiger partial charge in [-0.15, -0.1) is 23.1 Å². The molecule has 0 unspecified atom stereocenters. The van der Waals surface area contributed by atoms with Crippen molar-refractivity contribution in [1.29, 1.82) is 0 Å². The molecule has 0 aliphatic carbocycles. The molecule has 0 saturated carbocycles. The maximum atomic E-state index is 11.4. The molecule has 0 amide bonds. The topological polar surface area (TPSA) is 55.1 Å². The number of carboxylic acid groups (broad SMARTS) is 1. The van der Waals surface area contributed by atoms with Gasteiger partial charge in [-0.2, -0.15) is 5.10 Å². The second kappa shape index (κ2) is 5.30. The summed E-state index contributed by atoms with van der Waals surface area (Å²) < 4.78 is 2.76. The molecule has 0 radical (unpaired) electrons. The van der Waals surface area contributed by atoms with Crippen molar-refractivity contribution in [2.45, 2.75) is 10.6 Å². The fraction of sp³-hybridized carbons (Fsp3) is 0.143. The number of rotatable bonds is 4. The van der Waals surface area contributed by atoms with Gasteiger partial charge in [-0.1, -0.05) is 18.2 Å². The third kappa shape index (κ3) is 2.44. The van der Waals surface area contributed by atoms with Crippen LogP contribution in [0.5, 0.6) is 0 Å². The number of carboxylic acids is 1. The number of fused-ring (bicyclic) bond motifs is 1. The Kier molecular flexibility index (Phi) is 3.50. The lowest BCUT2D eigenvalue weighted by Crippen LogP contribution is -1.96. The fourth-order valence-electron chi connectivity index (χ4n) is 2.04. The number of aromatic nitrogens is 2. The van der Waals surface area contributed by atoms with Gasteiger partial charge < -0.3 is 5.11 Å². The average Bonchev–Trinajstić information content (AvgIpc) is 3.00. The van der Waals surface area contributed by atoms with Gasteiger partial charge in [0.2, 0.25) is 0 Å². The average molecular weight is 304 g/mol. The zero-order chi connectivity index (χ0) is 14.1. The SMILES string of the molecule is Cn1cc(SCc2c(C(=O)O)sc3ccccc23)cn1. The molecule has 0 aliphatic heterocycles. The highest BCUT2D eigenvalue weighted by atomic mass is 32.2. The number of carbonyl (C=O) groups is 1. The van der Waals surface area contributed by atoms with E-state index in [4.69, 9.17) is 0 Å². The largest absolute Gasteiger partial charge is 0.477 e. The number of hydrogen-bond donors (Lipinski definition) is 1. The van der Waals surface area contributed by atoms with Crippen LogP contribution in [0, 0.1) is 0 Å². The van der Waals surface area contributed by atoms with E-state index in [0.717, 1.165) is 20.5 Å². The first-order chi connectivity index (χ1) is 9.65. The van der Waals surface area contributed by atoms with E-state index in [2.05, 4.69) is 5.10 Å². The third-order valence-corrected chi connectivity index (χ3v) is 5.14. The molecule has 0 atom stereocenters. The first-order valence-corrected chi connectivity index (χ1v) is 7.80. The van der Waals surface area contributed by atoms with Crippen LogP contribution in [0.15, 0.2) is 41.6 Å². The molecule has 3 rings (SSSR count). The Morgan fingerprint density at radius 3 is 2.95 bits per heavy atom. The summed E-state index contributed by atoms with van der Waals surface area (Å²) >= 11 is 2.94. The molecule has 2 heterocycles. The molecule has 3 aromatic rings. The smallest absolute Gasteiger partial charge is 0.346 e. The van der Waals surface area contributed by atoms with Crippen molar-refractivity contribution in [2.75, 3.05) is 0 Å². The van der Waals surface area contributed by atoms with E-state index in [9.17, 15) is 9.90 Å². The minimum Gasteiger partial charge on any atom is -0.477 e. The molecule has 2 aromatic heterocycles. The number of thiophene rings is 1. The molecule has 102 valence electrons. The van der Waals surface area contributed by atoms with Gasteiger partial charge in [0, 0.05) is 28.6 Å². The van der Waals surface area contributed by atoms with Gasteiger partial charge in [-0.3, -0.25) is 4.68 Å². The van der Waals surface area contributed by atoms with E-state index < -0.39 is 5.97 Å². The molecule has 1 aromatic carbocycles. The van der Waals surface area contributed by atoms with Crippen molar-refractivity contribution < 1.29 is 9.90 Å². The first-order valence-electron chi connectivity index (χ1n) is 6.00. The minimum atomic E-state index is -0.854. The normalized spacial score (nSPS) is 11.1. The Labute approximate surface area is 124 Å². The summed E-state index contributed by atoms with van der Waals surface area (Å²) in [5.41, 5.74) is 0.895. The molecule has 0 spiro atoms. The van der Waals surface area contributed by atoms with Crippen LogP contribution in [0.4, 0.5) is 0 Å². The monoisotopic (exact) mass is 304 g/mol. The Morgan fingerprint density at radius 1 is 1.45 bits per heavy atom. The molecular weight excluding hydrogens is 292 g/mol. The third-order valence-electron chi connectivity index (χ3n) is 2.96. The quantitative estimate of drug-likeness (QED) is 0.748. The van der Waals surface area contributed by atoms with E-state index in [0.29, 0.717) is 10.6 Å². The van der Waals surface area contributed by atoms with Crippen LogP contribution >= 0.6 is 23.1 Å². The summed E-state index contributed by atoms with van der Waals surface area (Å²) in [4.78, 5) is 12.9. The predicted octanol–water partition coefficient (Wildman–Crippen LogP) is 3.63. The molecule has 6 heteroatoms. The number of aromatic carboxylic acids is 1. The van der Waals surface area contributed by atoms with Crippen molar-refractivity contribution in [1.82, 2.24) is 9.78 Å². The first kappa shape index (κ1) is 13.2. The van der Waals surface area contributed by atoms with Gasteiger partial charge in [0.15, 0.2) is 0 Å². The Balaban J connectivity index is 1.96. The van der Waals surface area contributed by atoms with Crippen molar-refractivity contribution in [3.8, 4) is 0 Å². The van der Waals surface area contributed by atoms with Crippen molar-refractivity contribution in [3.05, 3.63) is 47.1 Å². The Hall–Kier alpha value is -1.79. The fourth-order valence-corrected chi connectivity index (χ4v) is 4.15. The lowest BCUT2D eigenvalue weighted by atomic mass is 10.1. The zero-order valence-electron chi connectivity index (χ0n) is 10.7. The van der Waals surface area contributed by atoms with Crippen molar-refractivity contribution in [2.24, 2.45) is 7.05 Å². The lowest BCUT2D eigenvalue weighted by molar-refractivity contribution is 0.0701. The number of benzene rings is 1. The van der Waals surface area contributed by atoms with Gasteiger partial charge in [-0.05, 0) is 17.0 Å². The summed E-state index contributed by atoms with van der Waals surface area (Å²) in [6, 6.07) is 7.82. The van der Waals surface area contributed by atoms with Crippen LogP contribution in [0.25, 0.3) is 10.1 Å². The standard InChI is InChI=1S/C14H12N2O2S2/c1-16-7-9(6-15-16)19-8-11-10-4-2-3-5-12(10)20-13(11)14(17)18/h2-7H,8H2,1H3,(H,17,18). The van der Waals surface area contributed by atoms with Gasteiger partial charge in [0.25, 0.3) is 0 Å². The zero-order valence-corrected chi connectivity index (χ0v) is 12.4. The second-order valence-electron chi connectivity index (χ2n) is 4.35. The highest BCUT2D eigenvalue weighted by Gasteiger charge is 2.17. The maximum absolute atomic E-state index is 11.4. The molecule has 0 fully saturated rings. The van der Waals surface area contributed by atoms with Crippen LogP contribution < -0.4 is 0 Å².